The first-order valence-corrected chi connectivity index (χ1v) is 11.7. The van der Waals surface area contributed by atoms with Crippen LogP contribution in [0.3, 0.4) is 0 Å². The summed E-state index contributed by atoms with van der Waals surface area (Å²) in [4.78, 5) is 12.3. The fourth-order valence-electron chi connectivity index (χ4n) is 3.50. The highest BCUT2D eigenvalue weighted by molar-refractivity contribution is 5.68. The lowest BCUT2D eigenvalue weighted by Crippen LogP contribution is -2.49. The lowest BCUT2D eigenvalue weighted by Gasteiger charge is -2.31. The molecule has 1 unspecified atom stereocenters. The molecule has 0 saturated heterocycles. The van der Waals surface area contributed by atoms with Crippen LogP contribution in [0.2, 0.25) is 0 Å². The summed E-state index contributed by atoms with van der Waals surface area (Å²) in [6.45, 7) is 10.9. The number of carbonyl (C=O) groups is 1. The third kappa shape index (κ3) is 11.1. The first-order valence-electron chi connectivity index (χ1n) is 11.7. The number of nitrogens with two attached hydrogens (primary N) is 1. The number of amides is 1. The number of carbonyl (C=O) groups excluding carboxylic acids is 1. The van der Waals surface area contributed by atoms with E-state index in [9.17, 15) is 9.90 Å². The van der Waals surface area contributed by atoms with Gasteiger partial charge in [-0.3, -0.25) is 0 Å². The van der Waals surface area contributed by atoms with E-state index in [1.807, 2.05) is 18.2 Å². The molecule has 0 aliphatic rings. The van der Waals surface area contributed by atoms with Gasteiger partial charge in [0.2, 0.25) is 0 Å². The van der Waals surface area contributed by atoms with Gasteiger partial charge < -0.3 is 35.1 Å². The number of hydrogen-bond donors (Lipinski definition) is 3. The number of rotatable bonds is 14. The lowest BCUT2D eigenvalue weighted by molar-refractivity contribution is 0.0400. The fourth-order valence-corrected chi connectivity index (χ4v) is 3.50. The predicted octanol–water partition coefficient (Wildman–Crippen LogP) is 3.53. The van der Waals surface area contributed by atoms with E-state index in [-0.39, 0.29) is 12.5 Å². The monoisotopic (exact) mass is 468 g/mol. The van der Waals surface area contributed by atoms with E-state index in [0.29, 0.717) is 37.1 Å². The highest BCUT2D eigenvalue weighted by Crippen LogP contribution is 2.31. The summed E-state index contributed by atoms with van der Waals surface area (Å²) in [6, 6.07) is 5.41. The van der Waals surface area contributed by atoms with Gasteiger partial charge in [0.1, 0.15) is 5.60 Å². The van der Waals surface area contributed by atoms with Crippen molar-refractivity contribution in [3.63, 3.8) is 0 Å². The zero-order valence-electron chi connectivity index (χ0n) is 21.3. The molecular weight excluding hydrogens is 424 g/mol. The molecule has 0 spiro atoms. The molecule has 3 atom stereocenters. The maximum atomic E-state index is 12.3. The van der Waals surface area contributed by atoms with Gasteiger partial charge in [-0.1, -0.05) is 19.9 Å². The standard InChI is InChI=1S/C25H44N2O6/c1-17(2)19(15-20(21(28)16-26)27-24(29)33-25(3,4)5)13-18-9-10-22(31-7)23(14-18)32-12-8-11-30-6/h9-10,14,17,19-21,28H,8,11-13,15-16,26H2,1-7H3,(H,27,29)/t19-,20-,21?/m0/s1. The molecule has 4 N–H and O–H groups in total. The Bertz CT molecular complexity index is 705. The SMILES string of the molecule is COCCCOc1cc(C[C@@H](C[C@H](NC(=O)OC(C)(C)C)C(O)CN)C(C)C)ccc1OC. The van der Waals surface area contributed by atoms with Crippen molar-refractivity contribution < 1.29 is 28.8 Å². The molecule has 8 heteroatoms. The lowest BCUT2D eigenvalue weighted by atomic mass is 9.83. The van der Waals surface area contributed by atoms with Gasteiger partial charge in [-0.25, -0.2) is 4.79 Å². The molecule has 1 amide bonds. The molecule has 8 nitrogen and oxygen atoms in total. The van der Waals surface area contributed by atoms with Crippen LogP contribution in [0.5, 0.6) is 11.5 Å². The number of aliphatic hydroxyl groups is 1. The van der Waals surface area contributed by atoms with Crippen LogP contribution in [-0.2, 0) is 15.9 Å². The van der Waals surface area contributed by atoms with Crippen molar-refractivity contribution in [3.05, 3.63) is 23.8 Å². The molecule has 0 aliphatic heterocycles. The fraction of sp³-hybridized carbons (Fsp3) is 0.720. The molecule has 1 aromatic carbocycles. The summed E-state index contributed by atoms with van der Waals surface area (Å²) in [6.07, 6.45) is 0.673. The maximum absolute atomic E-state index is 12.3. The second-order valence-corrected chi connectivity index (χ2v) is 9.68. The topological polar surface area (TPSA) is 112 Å². The highest BCUT2D eigenvalue weighted by atomic mass is 16.6. The minimum atomic E-state index is -0.866. The Morgan fingerprint density at radius 1 is 1.15 bits per heavy atom. The Morgan fingerprint density at radius 3 is 2.39 bits per heavy atom. The Labute approximate surface area is 199 Å². The molecule has 190 valence electrons. The molecule has 0 aromatic heterocycles. The molecule has 0 aliphatic carbocycles. The number of nitrogens with one attached hydrogen (secondary N) is 1. The summed E-state index contributed by atoms with van der Waals surface area (Å²) in [7, 11) is 3.29. The number of alkyl carbamates (subject to hydrolysis) is 1. The molecule has 1 aromatic rings. The van der Waals surface area contributed by atoms with E-state index < -0.39 is 23.8 Å². The third-order valence-corrected chi connectivity index (χ3v) is 5.38. The number of benzene rings is 1. The Kier molecular flexibility index (Phi) is 12.5. The molecular formula is C25H44N2O6. The minimum absolute atomic E-state index is 0.0489. The van der Waals surface area contributed by atoms with Crippen LogP contribution < -0.4 is 20.5 Å². The Balaban J connectivity index is 2.96. The van der Waals surface area contributed by atoms with Gasteiger partial charge in [-0.15, -0.1) is 0 Å². The van der Waals surface area contributed by atoms with Gasteiger partial charge in [0.05, 0.1) is 25.9 Å². The van der Waals surface area contributed by atoms with Crippen LogP contribution in [0.25, 0.3) is 0 Å². The van der Waals surface area contributed by atoms with Crippen molar-refractivity contribution in [2.45, 2.75) is 71.6 Å². The molecule has 0 bridgehead atoms. The van der Waals surface area contributed by atoms with E-state index in [2.05, 4.69) is 19.2 Å². The molecule has 0 heterocycles. The second kappa shape index (κ2) is 14.3. The smallest absolute Gasteiger partial charge is 0.407 e. The van der Waals surface area contributed by atoms with Crippen molar-refractivity contribution in [2.75, 3.05) is 34.0 Å². The van der Waals surface area contributed by atoms with Crippen LogP contribution in [0, 0.1) is 11.8 Å². The van der Waals surface area contributed by atoms with E-state index in [0.717, 1.165) is 18.4 Å². The Hall–Kier alpha value is -2.03. The van der Waals surface area contributed by atoms with Crippen LogP contribution in [0.4, 0.5) is 4.79 Å². The Morgan fingerprint density at radius 2 is 1.85 bits per heavy atom. The summed E-state index contributed by atoms with van der Waals surface area (Å²) in [5.41, 5.74) is 6.19. The van der Waals surface area contributed by atoms with Crippen LogP contribution in [-0.4, -0.2) is 62.9 Å². The van der Waals surface area contributed by atoms with Gasteiger partial charge in [-0.2, -0.15) is 0 Å². The van der Waals surface area contributed by atoms with Crippen LogP contribution in [0.1, 0.15) is 53.0 Å². The maximum Gasteiger partial charge on any atom is 0.407 e. The first-order chi connectivity index (χ1) is 15.5. The predicted molar refractivity (Wildman–Crippen MR) is 130 cm³/mol. The summed E-state index contributed by atoms with van der Waals surface area (Å²) in [5.74, 6) is 1.87. The average molecular weight is 469 g/mol. The number of aliphatic hydroxyl groups excluding tert-OH is 1. The van der Waals surface area contributed by atoms with Gasteiger partial charge in [-0.05, 0) is 63.1 Å². The molecule has 0 saturated carbocycles. The zero-order chi connectivity index (χ0) is 25.0. The van der Waals surface area contributed by atoms with Crippen molar-refractivity contribution >= 4 is 6.09 Å². The average Bonchev–Trinajstić information content (AvgIpc) is 2.73. The summed E-state index contributed by atoms with van der Waals surface area (Å²) in [5, 5.41) is 13.3. The number of ether oxygens (including phenoxy) is 4. The summed E-state index contributed by atoms with van der Waals surface area (Å²) >= 11 is 0. The second-order valence-electron chi connectivity index (χ2n) is 9.68. The van der Waals surface area contributed by atoms with Gasteiger partial charge in [0, 0.05) is 26.7 Å². The summed E-state index contributed by atoms with van der Waals surface area (Å²) < 4.78 is 21.8. The van der Waals surface area contributed by atoms with Crippen molar-refractivity contribution in [3.8, 4) is 11.5 Å². The minimum Gasteiger partial charge on any atom is -0.493 e. The molecule has 33 heavy (non-hydrogen) atoms. The first kappa shape index (κ1) is 29.0. The van der Waals surface area contributed by atoms with Crippen LogP contribution in [0.15, 0.2) is 18.2 Å². The van der Waals surface area contributed by atoms with Crippen molar-refractivity contribution in [1.82, 2.24) is 5.32 Å². The van der Waals surface area contributed by atoms with Crippen molar-refractivity contribution in [2.24, 2.45) is 17.6 Å². The number of hydrogen-bond acceptors (Lipinski definition) is 7. The molecule has 0 radical (unpaired) electrons. The van der Waals surface area contributed by atoms with E-state index >= 15 is 0 Å². The largest absolute Gasteiger partial charge is 0.493 e. The highest BCUT2D eigenvalue weighted by Gasteiger charge is 2.28. The van der Waals surface area contributed by atoms with Gasteiger partial charge in [0.15, 0.2) is 11.5 Å². The van der Waals surface area contributed by atoms with Gasteiger partial charge in [0.25, 0.3) is 0 Å². The zero-order valence-corrected chi connectivity index (χ0v) is 21.3. The van der Waals surface area contributed by atoms with E-state index in [1.54, 1.807) is 35.0 Å². The molecule has 1 rings (SSSR count). The third-order valence-electron chi connectivity index (χ3n) is 5.38. The molecule has 0 fully saturated rings. The number of methoxy groups -OCH3 is 2. The van der Waals surface area contributed by atoms with E-state index in [1.165, 1.54) is 0 Å². The quantitative estimate of drug-likeness (QED) is 0.358. The van der Waals surface area contributed by atoms with E-state index in [4.69, 9.17) is 24.7 Å². The van der Waals surface area contributed by atoms with Gasteiger partial charge >= 0.3 is 6.09 Å². The van der Waals surface area contributed by atoms with Crippen molar-refractivity contribution in [1.29, 1.82) is 0 Å². The normalized spacial score (nSPS) is 14.5. The van der Waals surface area contributed by atoms with Crippen LogP contribution >= 0.6 is 0 Å².